The second-order valence-electron chi connectivity index (χ2n) is 5.55. The fraction of sp³-hybridized carbons (Fsp3) is 0.105. The Morgan fingerprint density at radius 2 is 1.89 bits per heavy atom. The molecule has 8 heteroatoms. The van der Waals surface area contributed by atoms with Crippen LogP contribution < -0.4 is 15.6 Å². The number of carbonyl (C=O) groups is 2. The maximum absolute atomic E-state index is 12.8. The maximum Gasteiger partial charge on any atom is 0.279 e. The highest BCUT2D eigenvalue weighted by Gasteiger charge is 2.15. The molecule has 7 nitrogen and oxygen atoms in total. The van der Waals surface area contributed by atoms with Gasteiger partial charge in [-0.3, -0.25) is 20.4 Å². The minimum Gasteiger partial charge on any atom is -0.481 e. The van der Waals surface area contributed by atoms with Crippen molar-refractivity contribution in [3.05, 3.63) is 66.3 Å². The zero-order valence-corrected chi connectivity index (χ0v) is 14.3. The van der Waals surface area contributed by atoms with E-state index in [9.17, 15) is 14.0 Å². The average molecular weight is 369 g/mol. The molecule has 1 unspecified atom stereocenters. The van der Waals surface area contributed by atoms with Gasteiger partial charge in [0.15, 0.2) is 11.7 Å². The largest absolute Gasteiger partial charge is 0.481 e. The van der Waals surface area contributed by atoms with E-state index in [0.29, 0.717) is 16.8 Å². The molecule has 0 radical (unpaired) electrons. The molecular formula is C19H16FN3O4. The molecule has 3 rings (SSSR count). The number of hydrazine groups is 1. The highest BCUT2D eigenvalue weighted by molar-refractivity contribution is 5.93. The van der Waals surface area contributed by atoms with Crippen LogP contribution in [0.5, 0.6) is 5.75 Å². The Bertz CT molecular complexity index is 949. The maximum atomic E-state index is 12.8. The standard InChI is InChI=1S/C19H16FN3O4/c1-12(26-14-8-6-13(20)7-9-14)19(25)23-22-17(24)10-11-18-21-15-4-2-3-5-16(15)27-18/h2-12H,1H3,(H,22,24)(H,23,25)/b11-10+. The van der Waals surface area contributed by atoms with Crippen LogP contribution in [0.15, 0.2) is 59.0 Å². The highest BCUT2D eigenvalue weighted by Crippen LogP contribution is 2.15. The van der Waals surface area contributed by atoms with E-state index >= 15 is 0 Å². The SMILES string of the molecule is CC(Oc1ccc(F)cc1)C(=O)NNC(=O)/C=C/c1nc2ccccc2o1. The van der Waals surface area contributed by atoms with Crippen LogP contribution in [0.4, 0.5) is 4.39 Å². The third kappa shape index (κ3) is 4.91. The zero-order valence-electron chi connectivity index (χ0n) is 14.3. The van der Waals surface area contributed by atoms with E-state index in [2.05, 4.69) is 15.8 Å². The molecule has 2 amide bonds. The van der Waals surface area contributed by atoms with Crippen LogP contribution in [0.3, 0.4) is 0 Å². The molecule has 0 aliphatic rings. The number of benzene rings is 2. The topological polar surface area (TPSA) is 93.5 Å². The Balaban J connectivity index is 1.48. The number of oxazole rings is 1. The summed E-state index contributed by atoms with van der Waals surface area (Å²) >= 11 is 0. The van der Waals surface area contributed by atoms with Gasteiger partial charge in [-0.25, -0.2) is 9.37 Å². The molecule has 0 saturated carbocycles. The van der Waals surface area contributed by atoms with Gasteiger partial charge < -0.3 is 9.15 Å². The molecule has 0 saturated heterocycles. The van der Waals surface area contributed by atoms with Gasteiger partial charge >= 0.3 is 0 Å². The Morgan fingerprint density at radius 1 is 1.15 bits per heavy atom. The van der Waals surface area contributed by atoms with Crippen molar-refractivity contribution in [1.82, 2.24) is 15.8 Å². The molecule has 1 aromatic heterocycles. The van der Waals surface area contributed by atoms with Crippen molar-refractivity contribution in [2.45, 2.75) is 13.0 Å². The molecule has 2 N–H and O–H groups in total. The first-order valence-electron chi connectivity index (χ1n) is 8.07. The summed E-state index contributed by atoms with van der Waals surface area (Å²) in [5.74, 6) is -0.938. The van der Waals surface area contributed by atoms with Crippen molar-refractivity contribution in [2.24, 2.45) is 0 Å². The molecular weight excluding hydrogens is 353 g/mol. The molecule has 0 aliphatic heterocycles. The third-order valence-electron chi connectivity index (χ3n) is 3.49. The highest BCUT2D eigenvalue weighted by atomic mass is 19.1. The van der Waals surface area contributed by atoms with Crippen LogP contribution in [-0.2, 0) is 9.59 Å². The first-order chi connectivity index (χ1) is 13.0. The van der Waals surface area contributed by atoms with Crippen LogP contribution in [-0.4, -0.2) is 22.9 Å². The molecule has 1 atom stereocenters. The Labute approximate surface area is 153 Å². The summed E-state index contributed by atoms with van der Waals surface area (Å²) in [7, 11) is 0. The molecule has 27 heavy (non-hydrogen) atoms. The molecule has 1 heterocycles. The zero-order chi connectivity index (χ0) is 19.2. The molecule has 0 spiro atoms. The Kier molecular flexibility index (Phi) is 5.46. The van der Waals surface area contributed by atoms with E-state index in [1.807, 2.05) is 12.1 Å². The number of nitrogens with zero attached hydrogens (tertiary/aromatic N) is 1. The van der Waals surface area contributed by atoms with Gasteiger partial charge in [-0.1, -0.05) is 12.1 Å². The van der Waals surface area contributed by atoms with Gasteiger partial charge in [0.05, 0.1) is 0 Å². The van der Waals surface area contributed by atoms with Crippen molar-refractivity contribution in [2.75, 3.05) is 0 Å². The van der Waals surface area contributed by atoms with Gasteiger partial charge in [0.2, 0.25) is 5.89 Å². The van der Waals surface area contributed by atoms with E-state index in [1.165, 1.54) is 43.3 Å². The number of halogens is 1. The molecule has 2 aromatic carbocycles. The fourth-order valence-corrected chi connectivity index (χ4v) is 2.15. The van der Waals surface area contributed by atoms with Crippen molar-refractivity contribution < 1.29 is 23.1 Å². The lowest BCUT2D eigenvalue weighted by Gasteiger charge is -2.14. The summed E-state index contributed by atoms with van der Waals surface area (Å²) in [6.45, 7) is 1.50. The van der Waals surface area contributed by atoms with E-state index in [4.69, 9.17) is 9.15 Å². The number of hydrogen-bond donors (Lipinski definition) is 2. The second-order valence-corrected chi connectivity index (χ2v) is 5.55. The average Bonchev–Trinajstić information content (AvgIpc) is 3.09. The van der Waals surface area contributed by atoms with Crippen LogP contribution in [0.1, 0.15) is 12.8 Å². The summed E-state index contributed by atoms with van der Waals surface area (Å²) in [4.78, 5) is 27.9. The lowest BCUT2D eigenvalue weighted by molar-refractivity contribution is -0.131. The molecule has 138 valence electrons. The number of rotatable bonds is 5. The summed E-state index contributed by atoms with van der Waals surface area (Å²) in [5.41, 5.74) is 5.75. The van der Waals surface area contributed by atoms with Crippen molar-refractivity contribution >= 4 is 29.0 Å². The molecule has 3 aromatic rings. The molecule has 0 bridgehead atoms. The van der Waals surface area contributed by atoms with E-state index in [-0.39, 0.29) is 5.89 Å². The Hall–Kier alpha value is -3.68. The van der Waals surface area contributed by atoms with Crippen molar-refractivity contribution in [3.63, 3.8) is 0 Å². The molecule has 0 aliphatic carbocycles. The quantitative estimate of drug-likeness (QED) is 0.533. The first-order valence-corrected chi connectivity index (χ1v) is 8.07. The summed E-state index contributed by atoms with van der Waals surface area (Å²) in [5, 5.41) is 0. The van der Waals surface area contributed by atoms with Gasteiger partial charge in [0, 0.05) is 12.2 Å². The predicted molar refractivity (Wildman–Crippen MR) is 95.8 cm³/mol. The van der Waals surface area contributed by atoms with Gasteiger partial charge in [0.25, 0.3) is 11.8 Å². The number of amides is 2. The number of aromatic nitrogens is 1. The smallest absolute Gasteiger partial charge is 0.279 e. The predicted octanol–water partition coefficient (Wildman–Crippen LogP) is 2.60. The summed E-state index contributed by atoms with van der Waals surface area (Å²) in [6, 6.07) is 12.5. The lowest BCUT2D eigenvalue weighted by atomic mass is 10.3. The van der Waals surface area contributed by atoms with Gasteiger partial charge in [-0.15, -0.1) is 0 Å². The lowest BCUT2D eigenvalue weighted by Crippen LogP contribution is -2.46. The van der Waals surface area contributed by atoms with Gasteiger partial charge in [0.1, 0.15) is 17.1 Å². The fourth-order valence-electron chi connectivity index (χ4n) is 2.15. The van der Waals surface area contributed by atoms with Crippen LogP contribution in [0, 0.1) is 5.82 Å². The van der Waals surface area contributed by atoms with E-state index in [0.717, 1.165) is 0 Å². The van der Waals surface area contributed by atoms with Crippen LogP contribution in [0.2, 0.25) is 0 Å². The monoisotopic (exact) mass is 369 g/mol. The van der Waals surface area contributed by atoms with E-state index in [1.54, 1.807) is 12.1 Å². The number of fused-ring (bicyclic) bond motifs is 1. The number of ether oxygens (including phenoxy) is 1. The van der Waals surface area contributed by atoms with Crippen LogP contribution >= 0.6 is 0 Å². The number of carbonyl (C=O) groups excluding carboxylic acids is 2. The van der Waals surface area contributed by atoms with Gasteiger partial charge in [-0.2, -0.15) is 0 Å². The van der Waals surface area contributed by atoms with Crippen LogP contribution in [0.25, 0.3) is 17.2 Å². The van der Waals surface area contributed by atoms with E-state index < -0.39 is 23.7 Å². The van der Waals surface area contributed by atoms with Crippen molar-refractivity contribution in [1.29, 1.82) is 0 Å². The normalized spacial score (nSPS) is 12.1. The minimum absolute atomic E-state index is 0.269. The second kappa shape index (κ2) is 8.13. The van der Waals surface area contributed by atoms with Crippen molar-refractivity contribution in [3.8, 4) is 5.75 Å². The number of nitrogens with one attached hydrogen (secondary N) is 2. The summed E-state index contributed by atoms with van der Waals surface area (Å²) in [6.07, 6.45) is 1.67. The Morgan fingerprint density at radius 3 is 2.63 bits per heavy atom. The number of hydrogen-bond acceptors (Lipinski definition) is 5. The summed E-state index contributed by atoms with van der Waals surface area (Å²) < 4.78 is 23.6. The number of para-hydroxylation sites is 2. The van der Waals surface area contributed by atoms with Gasteiger partial charge in [-0.05, 0) is 43.3 Å². The molecule has 0 fully saturated rings. The third-order valence-corrected chi connectivity index (χ3v) is 3.49. The first kappa shape index (κ1) is 18.1. The minimum atomic E-state index is -0.892.